The first-order valence-corrected chi connectivity index (χ1v) is 8.44. The average molecular weight is 420 g/mol. The SMILES string of the molecule is Cl.NCC(F)(F)CNC(=O)CCCS(=O)c1ccc(Br)cc1. The molecule has 1 amide bonds. The maximum absolute atomic E-state index is 12.8. The van der Waals surface area contributed by atoms with E-state index in [1.54, 1.807) is 24.3 Å². The Bertz CT molecular complexity index is 503. The number of nitrogens with one attached hydrogen (secondary N) is 1. The molecule has 0 aromatic heterocycles. The largest absolute Gasteiger partial charge is 0.350 e. The van der Waals surface area contributed by atoms with Gasteiger partial charge in [0.1, 0.15) is 0 Å². The van der Waals surface area contributed by atoms with Gasteiger partial charge in [-0.15, -0.1) is 12.4 Å². The van der Waals surface area contributed by atoms with Crippen LogP contribution in [0.3, 0.4) is 0 Å². The Morgan fingerprint density at radius 1 is 1.32 bits per heavy atom. The second-order valence-corrected chi connectivity index (χ2v) is 6.93. The number of alkyl halides is 2. The normalized spacial score (nSPS) is 12.4. The highest BCUT2D eigenvalue weighted by molar-refractivity contribution is 9.10. The summed E-state index contributed by atoms with van der Waals surface area (Å²) < 4.78 is 38.5. The van der Waals surface area contributed by atoms with E-state index < -0.39 is 35.7 Å². The van der Waals surface area contributed by atoms with Crippen molar-refractivity contribution < 1.29 is 17.8 Å². The molecule has 3 N–H and O–H groups in total. The highest BCUT2D eigenvalue weighted by atomic mass is 79.9. The molecule has 126 valence electrons. The van der Waals surface area contributed by atoms with Crippen molar-refractivity contribution in [1.29, 1.82) is 0 Å². The van der Waals surface area contributed by atoms with Crippen molar-refractivity contribution in [3.63, 3.8) is 0 Å². The maximum atomic E-state index is 12.8. The number of benzene rings is 1. The van der Waals surface area contributed by atoms with Crippen LogP contribution in [0.15, 0.2) is 33.6 Å². The van der Waals surface area contributed by atoms with Crippen molar-refractivity contribution in [3.05, 3.63) is 28.7 Å². The highest BCUT2D eigenvalue weighted by Crippen LogP contribution is 2.14. The molecular formula is C13H18BrClF2N2O2S. The third-order valence-electron chi connectivity index (χ3n) is 2.65. The van der Waals surface area contributed by atoms with E-state index in [0.717, 1.165) is 4.47 Å². The molecule has 1 aromatic carbocycles. The molecule has 1 aromatic rings. The number of nitrogens with two attached hydrogens (primary N) is 1. The van der Waals surface area contributed by atoms with Crippen LogP contribution in [0, 0.1) is 0 Å². The molecule has 1 atom stereocenters. The second-order valence-electron chi connectivity index (χ2n) is 4.44. The van der Waals surface area contributed by atoms with Gasteiger partial charge in [-0.25, -0.2) is 8.78 Å². The standard InChI is InChI=1S/C13H17BrF2N2O2S.ClH/c14-10-3-5-11(6-4-10)21(20)7-1-2-12(19)18-9-13(15,16)8-17;/h3-6H,1-2,7-9,17H2,(H,18,19);1H. The zero-order valence-corrected chi connectivity index (χ0v) is 14.9. The summed E-state index contributed by atoms with van der Waals surface area (Å²) in [6.45, 7) is -1.57. The van der Waals surface area contributed by atoms with Gasteiger partial charge in [-0.05, 0) is 30.7 Å². The zero-order valence-electron chi connectivity index (χ0n) is 11.7. The summed E-state index contributed by atoms with van der Waals surface area (Å²) in [7, 11) is -1.20. The Morgan fingerprint density at radius 3 is 2.45 bits per heavy atom. The molecule has 0 radical (unpaired) electrons. The van der Waals surface area contributed by atoms with Gasteiger partial charge >= 0.3 is 0 Å². The molecule has 22 heavy (non-hydrogen) atoms. The Hall–Kier alpha value is -0.570. The van der Waals surface area contributed by atoms with Crippen LogP contribution in [-0.2, 0) is 15.6 Å². The van der Waals surface area contributed by atoms with E-state index in [1.807, 2.05) is 0 Å². The van der Waals surface area contributed by atoms with Gasteiger partial charge in [0.15, 0.2) is 0 Å². The molecular weight excluding hydrogens is 402 g/mol. The number of carbonyl (C=O) groups is 1. The van der Waals surface area contributed by atoms with Crippen molar-refractivity contribution in [1.82, 2.24) is 5.32 Å². The fourth-order valence-electron chi connectivity index (χ4n) is 1.46. The summed E-state index contributed by atoms with van der Waals surface area (Å²) in [5, 5.41) is 2.12. The molecule has 1 unspecified atom stereocenters. The van der Waals surface area contributed by atoms with Crippen LogP contribution < -0.4 is 11.1 Å². The number of amides is 1. The lowest BCUT2D eigenvalue weighted by molar-refractivity contribution is -0.122. The number of hydrogen-bond acceptors (Lipinski definition) is 3. The molecule has 9 heteroatoms. The summed E-state index contributed by atoms with van der Waals surface area (Å²) in [5.41, 5.74) is 4.86. The van der Waals surface area contributed by atoms with Crippen molar-refractivity contribution >= 4 is 45.0 Å². The third kappa shape index (κ3) is 8.17. The predicted molar refractivity (Wildman–Crippen MR) is 88.9 cm³/mol. The molecule has 0 saturated heterocycles. The fourth-order valence-corrected chi connectivity index (χ4v) is 2.80. The van der Waals surface area contributed by atoms with E-state index in [4.69, 9.17) is 5.73 Å². The molecule has 0 heterocycles. The number of carbonyl (C=O) groups excluding carboxylic acids is 1. The number of halogens is 4. The lowest BCUT2D eigenvalue weighted by Crippen LogP contribution is -2.41. The molecule has 1 rings (SSSR count). The van der Waals surface area contributed by atoms with Gasteiger partial charge in [-0.3, -0.25) is 9.00 Å². The van der Waals surface area contributed by atoms with Crippen LogP contribution >= 0.6 is 28.3 Å². The van der Waals surface area contributed by atoms with Gasteiger partial charge in [-0.2, -0.15) is 0 Å². The summed E-state index contributed by atoms with van der Waals surface area (Å²) >= 11 is 3.28. The summed E-state index contributed by atoms with van der Waals surface area (Å²) in [6.07, 6.45) is 0.422. The van der Waals surface area contributed by atoms with Gasteiger partial charge in [0.05, 0.1) is 23.9 Å². The minimum absolute atomic E-state index is 0. The predicted octanol–water partition coefficient (Wildman–Crippen LogP) is 2.47. The summed E-state index contributed by atoms with van der Waals surface area (Å²) in [5.74, 6) is -3.27. The Kier molecular flexibility index (Phi) is 9.99. The Balaban J connectivity index is 0.00000441. The molecule has 0 saturated carbocycles. The quantitative estimate of drug-likeness (QED) is 0.680. The molecule has 0 aliphatic rings. The van der Waals surface area contributed by atoms with Crippen LogP contribution in [0.4, 0.5) is 8.78 Å². The smallest absolute Gasteiger partial charge is 0.277 e. The molecule has 0 spiro atoms. The Morgan fingerprint density at radius 2 is 1.91 bits per heavy atom. The third-order valence-corrected chi connectivity index (χ3v) is 4.64. The highest BCUT2D eigenvalue weighted by Gasteiger charge is 2.26. The van der Waals surface area contributed by atoms with Crippen molar-refractivity contribution in [2.75, 3.05) is 18.8 Å². The molecule has 0 fully saturated rings. The van der Waals surface area contributed by atoms with Crippen LogP contribution in [0.1, 0.15) is 12.8 Å². The van der Waals surface area contributed by atoms with E-state index in [-0.39, 0.29) is 18.8 Å². The van der Waals surface area contributed by atoms with Crippen molar-refractivity contribution in [3.8, 4) is 0 Å². The lowest BCUT2D eigenvalue weighted by atomic mass is 10.3. The van der Waals surface area contributed by atoms with Crippen molar-refractivity contribution in [2.24, 2.45) is 5.73 Å². The zero-order chi connectivity index (χ0) is 15.9. The first-order valence-electron chi connectivity index (χ1n) is 6.32. The van der Waals surface area contributed by atoms with Gasteiger partial charge in [-0.1, -0.05) is 15.9 Å². The van der Waals surface area contributed by atoms with Gasteiger partial charge in [0.25, 0.3) is 5.92 Å². The Labute approximate surface area is 145 Å². The van der Waals surface area contributed by atoms with Gasteiger partial charge < -0.3 is 11.1 Å². The van der Waals surface area contributed by atoms with E-state index in [0.29, 0.717) is 17.1 Å². The van der Waals surface area contributed by atoms with E-state index in [9.17, 15) is 17.8 Å². The minimum Gasteiger partial charge on any atom is -0.350 e. The number of hydrogen-bond donors (Lipinski definition) is 2. The first-order chi connectivity index (χ1) is 9.84. The lowest BCUT2D eigenvalue weighted by Gasteiger charge is -2.14. The molecule has 0 aliphatic carbocycles. The summed E-state index contributed by atoms with van der Waals surface area (Å²) in [4.78, 5) is 12.1. The molecule has 4 nitrogen and oxygen atoms in total. The monoisotopic (exact) mass is 418 g/mol. The minimum atomic E-state index is -3.09. The maximum Gasteiger partial charge on any atom is 0.277 e. The molecule has 0 aliphatic heterocycles. The van der Waals surface area contributed by atoms with Crippen LogP contribution in [-0.4, -0.2) is 34.9 Å². The topological polar surface area (TPSA) is 72.2 Å². The average Bonchev–Trinajstić information content (AvgIpc) is 2.46. The van der Waals surface area contributed by atoms with Crippen LogP contribution in [0.5, 0.6) is 0 Å². The van der Waals surface area contributed by atoms with E-state index >= 15 is 0 Å². The fraction of sp³-hybridized carbons (Fsp3) is 0.462. The first kappa shape index (κ1) is 21.4. The summed E-state index contributed by atoms with van der Waals surface area (Å²) in [6, 6.07) is 7.05. The van der Waals surface area contributed by atoms with E-state index in [1.165, 1.54) is 0 Å². The van der Waals surface area contributed by atoms with E-state index in [2.05, 4.69) is 21.2 Å². The van der Waals surface area contributed by atoms with Gasteiger partial charge in [0, 0.05) is 21.5 Å². The van der Waals surface area contributed by atoms with Crippen LogP contribution in [0.2, 0.25) is 0 Å². The van der Waals surface area contributed by atoms with Crippen molar-refractivity contribution in [2.45, 2.75) is 23.7 Å². The number of rotatable bonds is 8. The molecule has 0 bridgehead atoms. The van der Waals surface area contributed by atoms with Gasteiger partial charge in [0.2, 0.25) is 5.91 Å². The van der Waals surface area contributed by atoms with Crippen LogP contribution in [0.25, 0.3) is 0 Å². The second kappa shape index (κ2) is 10.3.